The summed E-state index contributed by atoms with van der Waals surface area (Å²) in [4.78, 5) is 22.4. The molecule has 625 valence electrons. The molecule has 0 spiro atoms. The predicted molar refractivity (Wildman–Crippen MR) is 465 cm³/mol. The van der Waals surface area contributed by atoms with Gasteiger partial charge in [-0.25, -0.2) is 0 Å². The molecule has 12 rings (SSSR count). The molecule has 0 N–H and O–H groups in total. The van der Waals surface area contributed by atoms with Gasteiger partial charge in [0.25, 0.3) is 0 Å². The maximum absolute atomic E-state index is 14.1. The molecule has 0 aliphatic heterocycles. The van der Waals surface area contributed by atoms with Crippen LogP contribution in [0.4, 0.5) is 22.0 Å². The third-order valence-electron chi connectivity index (χ3n) is 19.8. The minimum Gasteiger partial charge on any atom is -0.305 e. The van der Waals surface area contributed by atoms with Crippen LogP contribution >= 0.6 is 0 Å². The number of hydrogen-bond acceptors (Lipinski definition) is 5. The van der Waals surface area contributed by atoms with Gasteiger partial charge in [-0.05, 0) is 104 Å². The molecule has 5 aromatic carbocycles. The second-order valence-electron chi connectivity index (χ2n) is 34.9. The Kier molecular flexibility index (Phi) is 33.7. The number of pyridine rings is 5. The fraction of sp³-hybridized carbons (Fsp3) is 0.415. The smallest absolute Gasteiger partial charge is 0.0799 e. The van der Waals surface area contributed by atoms with Crippen molar-refractivity contribution in [2.45, 2.75) is 236 Å². The fourth-order valence-electron chi connectivity index (χ4n) is 14.2. The number of hydrogen-bond donors (Lipinski definition) is 0. The van der Waals surface area contributed by atoms with E-state index in [1.54, 1.807) is 50.4 Å². The van der Waals surface area contributed by atoms with E-state index in [0.29, 0.717) is 39.2 Å². The summed E-state index contributed by atoms with van der Waals surface area (Å²) in [5.74, 6) is -1.27. The molecule has 0 atom stereocenters. The van der Waals surface area contributed by atoms with Crippen LogP contribution in [0.2, 0.25) is 98.2 Å². The van der Waals surface area contributed by atoms with Gasteiger partial charge in [-0.3, -0.25) is 22.0 Å². The van der Waals surface area contributed by atoms with E-state index >= 15 is 0 Å². The standard InChI is InChI=1S/C21H27FNSi.C20H25FNSi.C19H25FNSi.C18H23FNSi.C16H19FNSi.5Ir/c1-24(2,3)21-15-23-20(18-11-7-8-12-19(18)22)14-17(21)13-16-9-5-4-6-10-16;1-23(2,3)20-14-22-19(17-10-6-7-11-18(17)21)13-16(20)12-15-8-4-5-9-15;1-13(2)9-15-11-18(21-12-19(15)22(4,5)6)17-8-7-16(20)10-14(17)3;1-12(2)16-10-17(20-11-18(16)21(4,5)6)15-8-7-14(19)9-13(15)3;1-11-8-13(17)6-7-14(11)15-9-12(2)16(10-18-15)19(3,4)5;;;;;/h7-8,12,14-16H,4-6,9-10,13H2,1-3H3;6-7,11,13-15H,4-5,8-9,12H2,1-3H3;7,10-13H,9H2,1-6H3;7,9-12H,1-6H3;6,8-10H,1-5H3;;;;;/q5*-1;;;;;/i;;3D3;3D3,12D;1D3,2D3;;;;;. The van der Waals surface area contributed by atoms with Gasteiger partial charge >= 0.3 is 0 Å². The molecule has 20 heteroatoms. The summed E-state index contributed by atoms with van der Waals surface area (Å²) >= 11 is 0. The van der Waals surface area contributed by atoms with Gasteiger partial charge in [0, 0.05) is 178 Å². The molecule has 0 saturated heterocycles. The first-order valence-electron chi connectivity index (χ1n) is 44.7. The van der Waals surface area contributed by atoms with Gasteiger partial charge in [-0.2, -0.15) is 0 Å². The largest absolute Gasteiger partial charge is 0.305 e. The van der Waals surface area contributed by atoms with Crippen LogP contribution in [0.25, 0.3) is 56.3 Å². The molecule has 5 aromatic heterocycles. The van der Waals surface area contributed by atoms with Crippen LogP contribution in [-0.4, -0.2) is 65.3 Å². The molecule has 114 heavy (non-hydrogen) atoms. The second kappa shape index (κ2) is 46.0. The van der Waals surface area contributed by atoms with Crippen molar-refractivity contribution >= 4 is 66.3 Å². The molecule has 2 saturated carbocycles. The Morgan fingerprint density at radius 3 is 1.02 bits per heavy atom. The van der Waals surface area contributed by atoms with Crippen molar-refractivity contribution in [1.82, 2.24) is 24.9 Å². The third kappa shape index (κ3) is 29.9. The van der Waals surface area contributed by atoms with E-state index in [9.17, 15) is 22.0 Å². The Labute approximate surface area is 773 Å². The van der Waals surface area contributed by atoms with Crippen LogP contribution in [0.1, 0.15) is 154 Å². The van der Waals surface area contributed by atoms with Crippen LogP contribution in [0.5, 0.6) is 0 Å². The molecule has 0 bridgehead atoms. The van der Waals surface area contributed by atoms with Crippen molar-refractivity contribution < 1.29 is 140 Å². The predicted octanol–water partition coefficient (Wildman–Crippen LogP) is 23.6. The molecule has 5 heterocycles. The molecule has 2 fully saturated rings. The zero-order chi connectivity index (χ0) is 91.0. The molecule has 2 aliphatic carbocycles. The maximum atomic E-state index is 14.1. The Balaban J connectivity index is 0.000000406. The van der Waals surface area contributed by atoms with Crippen molar-refractivity contribution in [3.63, 3.8) is 0 Å². The minimum atomic E-state index is -2.56. The monoisotopic (exact) mass is 2530 g/mol. The van der Waals surface area contributed by atoms with Crippen molar-refractivity contribution in [3.05, 3.63) is 238 Å². The summed E-state index contributed by atoms with van der Waals surface area (Å²) in [7, 11) is -8.20. The van der Waals surface area contributed by atoms with Crippen LogP contribution in [0.15, 0.2) is 134 Å². The number of rotatable bonds is 17. The summed E-state index contributed by atoms with van der Waals surface area (Å²) in [5.41, 5.74) is 8.81. The van der Waals surface area contributed by atoms with E-state index in [1.165, 1.54) is 121 Å². The fourth-order valence-corrected chi connectivity index (χ4v) is 21.8. The maximum Gasteiger partial charge on any atom is 0.0799 e. The van der Waals surface area contributed by atoms with Crippen molar-refractivity contribution in [2.75, 3.05) is 0 Å². The molecular weight excluding hydrogens is 2400 g/mol. The van der Waals surface area contributed by atoms with E-state index in [1.807, 2.05) is 44.3 Å². The Hall–Kier alpha value is -4.17. The van der Waals surface area contributed by atoms with E-state index in [2.05, 4.69) is 160 Å². The van der Waals surface area contributed by atoms with Crippen LogP contribution < -0.4 is 25.9 Å². The number of benzene rings is 5. The van der Waals surface area contributed by atoms with Gasteiger partial charge in [0.05, 0.1) is 40.4 Å². The first-order valence-corrected chi connectivity index (χ1v) is 55.7. The second-order valence-corrected chi connectivity index (χ2v) is 60.1. The third-order valence-corrected chi connectivity index (χ3v) is 30.0. The summed E-state index contributed by atoms with van der Waals surface area (Å²) < 4.78 is 170. The van der Waals surface area contributed by atoms with E-state index in [4.69, 9.17) is 17.8 Å². The SMILES string of the molecule is C[Si](C)(C)c1cnc(-c2[c-]cccc2F)cc1CC1CCCC1.C[Si](C)(C)c1cnc(-c2[c-]cccc2F)cc1CC1CCCCC1.[2H]C([2H])([2H])c1cc(F)c[c-]c1-c1cc(C([2H])(C)C)c([Si](C)(C)C)cn1.[2H]C([2H])([2H])c1cc(F)c[c-]c1-c1cc(C([2H])([2H])[2H])c([Si](C)(C)C)cn1.[2H]C([2H])([2H])c1cc(F)c[c-]c1-c1cc(CC(C)C)c([Si](C)(C)C)cn1.[Ir].[Ir].[Ir].[Ir].[Ir]. The quantitative estimate of drug-likeness (QED) is 0.0516. The van der Waals surface area contributed by atoms with E-state index in [0.717, 1.165) is 83.6 Å². The molecule has 0 amide bonds. The average molecular weight is 2530 g/mol. The summed E-state index contributed by atoms with van der Waals surface area (Å²) in [5, 5.41) is 5.88. The molecule has 5 radical (unpaired) electrons. The minimum absolute atomic E-state index is 0. The Morgan fingerprint density at radius 1 is 0.377 bits per heavy atom. The van der Waals surface area contributed by atoms with Gasteiger partial charge in [0.1, 0.15) is 0 Å². The van der Waals surface area contributed by atoms with Gasteiger partial charge in [-0.15, -0.1) is 137 Å². The van der Waals surface area contributed by atoms with Crippen LogP contribution in [0.3, 0.4) is 0 Å². The number of aryl methyl sites for hydroxylation is 4. The first-order chi connectivity index (χ1) is 56.2. The van der Waals surface area contributed by atoms with Gasteiger partial charge in [0.15, 0.2) is 0 Å². The summed E-state index contributed by atoms with van der Waals surface area (Å²) in [6, 6.07) is 39.6. The van der Waals surface area contributed by atoms with Crippen molar-refractivity contribution in [1.29, 1.82) is 0 Å². The van der Waals surface area contributed by atoms with E-state index < -0.39 is 91.1 Å². The average Bonchev–Trinajstić information content (AvgIpc) is 1.07. The van der Waals surface area contributed by atoms with Crippen LogP contribution in [0, 0.1) is 105 Å². The van der Waals surface area contributed by atoms with Crippen molar-refractivity contribution in [3.8, 4) is 56.3 Å². The zero-order valence-corrected chi connectivity index (χ0v) is 86.2. The molecule has 10 aromatic rings. The number of halogens is 5. The Morgan fingerprint density at radius 2 is 0.684 bits per heavy atom. The number of aromatic nitrogens is 5. The first kappa shape index (κ1) is 83.5. The van der Waals surface area contributed by atoms with Gasteiger partial charge in [0.2, 0.25) is 0 Å². The summed E-state index contributed by atoms with van der Waals surface area (Å²) in [6.07, 6.45) is 24.4. The van der Waals surface area contributed by atoms with E-state index in [-0.39, 0.29) is 151 Å². The Bertz CT molecular complexity index is 5130. The van der Waals surface area contributed by atoms with Gasteiger partial charge in [-0.1, -0.05) is 274 Å². The van der Waals surface area contributed by atoms with Crippen molar-refractivity contribution in [2.24, 2.45) is 17.8 Å². The van der Waals surface area contributed by atoms with Gasteiger partial charge < -0.3 is 24.9 Å². The topological polar surface area (TPSA) is 64.5 Å². The normalized spacial score (nSPS) is 15.4. The molecule has 5 nitrogen and oxygen atoms in total. The molecule has 2 aliphatic rings. The molecular formula is C94H119F5Ir5N5Si5-5. The zero-order valence-electron chi connectivity index (χ0n) is 82.2. The summed E-state index contributed by atoms with van der Waals surface area (Å²) in [6.45, 7) is 31.7. The number of nitrogens with zero attached hydrogens (tertiary/aromatic N) is 5. The molecule has 0 unspecified atom stereocenters. The van der Waals surface area contributed by atoms with Crippen LogP contribution in [-0.2, 0) is 120 Å².